The van der Waals surface area contributed by atoms with Crippen LogP contribution in [0.25, 0.3) is 12.2 Å². The van der Waals surface area contributed by atoms with Gasteiger partial charge in [0.2, 0.25) is 0 Å². The maximum Gasteiger partial charge on any atom is 1.00 e. The van der Waals surface area contributed by atoms with Crippen molar-refractivity contribution in [1.29, 1.82) is 0 Å². The van der Waals surface area contributed by atoms with E-state index in [4.69, 9.17) is 20.9 Å². The van der Waals surface area contributed by atoms with Gasteiger partial charge in [-0.3, -0.25) is 14.4 Å². The van der Waals surface area contributed by atoms with Gasteiger partial charge in [0.25, 0.3) is 6.47 Å². The van der Waals surface area contributed by atoms with E-state index in [1.54, 1.807) is 28.5 Å². The minimum Gasteiger partial charge on any atom is -1.00 e. The number of aliphatic hydroxyl groups is 1. The molecule has 4 aromatic rings. The fraction of sp³-hybridized carbons (Fsp3) is 0.459. The molecule has 0 aliphatic rings. The third-order valence-electron chi connectivity index (χ3n) is 8.21. The van der Waals surface area contributed by atoms with Crippen molar-refractivity contribution >= 4 is 126 Å². The number of nitrogens with one attached hydrogen (secondary N) is 2. The summed E-state index contributed by atoms with van der Waals surface area (Å²) < 4.78 is 72.1. The number of hydrogen-bond acceptors (Lipinski definition) is 11. The molecule has 0 unspecified atom stereocenters. The molecule has 0 heterocycles. The fourth-order valence-corrected chi connectivity index (χ4v) is 9.59. The van der Waals surface area contributed by atoms with Crippen molar-refractivity contribution in [2.45, 2.75) is 156 Å². The number of alkyl halides is 7. The van der Waals surface area contributed by atoms with Crippen LogP contribution in [0, 0.1) is 0 Å². The molecular weight excluding hydrogens is 1450 g/mol. The van der Waals surface area contributed by atoms with Gasteiger partial charge < -0.3 is 38.5 Å². The molecule has 0 saturated carbocycles. The van der Waals surface area contributed by atoms with E-state index >= 15 is 0 Å². The molecule has 86 heavy (non-hydrogen) atoms. The Bertz CT molecular complexity index is 2160. The first-order chi connectivity index (χ1) is 36.7. The summed E-state index contributed by atoms with van der Waals surface area (Å²) in [6.07, 6.45) is 8.83. The zero-order valence-corrected chi connectivity index (χ0v) is 61.0. The number of unbranched alkanes of at least 4 members (excludes halogenated alkanes) is 4. The van der Waals surface area contributed by atoms with Crippen LogP contribution in [0.2, 0.25) is 0 Å². The van der Waals surface area contributed by atoms with E-state index in [2.05, 4.69) is 154 Å². The number of carbonyl (C=O) groups is 3. The summed E-state index contributed by atoms with van der Waals surface area (Å²) in [5.74, 6) is -0.373. The molecule has 0 atom stereocenters. The molecule has 0 aliphatic carbocycles. The summed E-state index contributed by atoms with van der Waals surface area (Å²) in [5, 5.41) is 20.0. The molecule has 4 rings (SSSR count). The molecule has 2 amide bonds. The Labute approximate surface area is 646 Å². The molecular formula is C61H102Br3F6K2N3O7S4. The number of thioether (sulfide) groups is 3. The Balaban J connectivity index is -0.0000000609. The first-order valence-electron chi connectivity index (χ1n) is 24.1. The monoisotopic (exact) mass is 1550 g/mol. The number of carbonyl (C=O) groups excluding carboxylic acids is 3. The number of thiol groups is 1. The second-order valence-corrected chi connectivity index (χ2v) is 21.3. The smallest absolute Gasteiger partial charge is 1.00 e. The van der Waals surface area contributed by atoms with Crippen LogP contribution in [0.3, 0.4) is 0 Å². The quantitative estimate of drug-likeness (QED) is 0.00485. The SMILES string of the molecule is C.C.C.C.C.C.C=CCNC(=O)C(F)(F)F.CCCCBr.CCCCSc1cccc(/C=C/CN)c1.CCCCSc1cccc(/C=C/CNC(=O)C(F)(F)F)c1.CCCCSc1cccc(Br)c1.CO.O.O=CO[O-].Sc1cccc(Br)c1.[H-].[K+].[K+]. The van der Waals surface area contributed by atoms with Gasteiger partial charge in [0.15, 0.2) is 0 Å². The summed E-state index contributed by atoms with van der Waals surface area (Å²) in [4.78, 5) is 36.6. The molecule has 0 radical (unpaired) electrons. The van der Waals surface area contributed by atoms with E-state index in [1.807, 2.05) is 78.1 Å². The van der Waals surface area contributed by atoms with Crippen molar-refractivity contribution in [2.75, 3.05) is 49.3 Å². The molecule has 0 spiro atoms. The largest absolute Gasteiger partial charge is 1.00 e. The van der Waals surface area contributed by atoms with Crippen LogP contribution in [0.1, 0.15) is 136 Å². The molecule has 0 fully saturated rings. The molecule has 0 aliphatic heterocycles. The van der Waals surface area contributed by atoms with Crippen LogP contribution < -0.4 is 124 Å². The van der Waals surface area contributed by atoms with Crippen LogP contribution in [0.15, 0.2) is 150 Å². The van der Waals surface area contributed by atoms with Crippen LogP contribution >= 0.6 is 95.7 Å². The van der Waals surface area contributed by atoms with E-state index in [0.717, 1.165) is 50.9 Å². The van der Waals surface area contributed by atoms with E-state index in [9.17, 15) is 35.9 Å². The number of nitrogens with two attached hydrogens (primary N) is 1. The summed E-state index contributed by atoms with van der Waals surface area (Å²) in [7, 11) is 1.00. The van der Waals surface area contributed by atoms with Crippen molar-refractivity contribution in [3.8, 4) is 0 Å². The minimum atomic E-state index is -4.83. The first-order valence-corrected chi connectivity index (χ1v) is 30.2. The van der Waals surface area contributed by atoms with Crippen LogP contribution in [0.5, 0.6) is 0 Å². The Kier molecular flexibility index (Phi) is 113. The van der Waals surface area contributed by atoms with Gasteiger partial charge in [-0.25, -0.2) is 0 Å². The Hall–Kier alpha value is 0.0427. The third-order valence-corrected chi connectivity index (χ3v) is 13.3. The molecule has 0 aromatic heterocycles. The standard InChI is InChI=1S/C15H18F3NOS.C13H19NS.C10H13BrS.C6H5BrS.C5H6F3NO.C4H9Br.CH2O3.CH4O.6CH4.2K.H2O.H/c1-2-3-10-21-13-8-4-6-12(11-13)7-5-9-19-14(20)15(16,17)18;1-2-3-10-15-13-8-4-6-12(11-13)7-5-9-14;1-2-3-7-12-10-6-4-5-9(11)8-10;7-5-2-1-3-6(8)4-5;1-2-3-9-4(10)5(6,7)8;1-2-3-4-5;2-1-4-3;1-2;;;;;;;;;;/h4-8,11H,2-3,9-10H2,1H3,(H,19,20);4-8,11H,2-3,9-10,14H2,1H3;4-6,8H,2-3,7H2,1H3;1-4,8H;2H,1,3H2,(H,9,10);2-4H2,1H3;1,3H;2H,1H3;6*1H4;;;1H2;/q;;;;;;;;;;;;;;2*+1;;-1/p-1/b2*7-5+;;;;;;;;;;;;;;;;. The van der Waals surface area contributed by atoms with E-state index in [0.29, 0.717) is 6.54 Å². The van der Waals surface area contributed by atoms with Crippen molar-refractivity contribution in [3.05, 3.63) is 142 Å². The van der Waals surface area contributed by atoms with Gasteiger partial charge in [-0.05, 0) is 115 Å². The summed E-state index contributed by atoms with van der Waals surface area (Å²) >= 11 is 19.8. The number of aliphatic hydroxyl groups excluding tert-OH is 1. The van der Waals surface area contributed by atoms with Gasteiger partial charge in [0.1, 0.15) is 0 Å². The van der Waals surface area contributed by atoms with Crippen LogP contribution in [0.4, 0.5) is 26.3 Å². The van der Waals surface area contributed by atoms with Gasteiger partial charge >= 0.3 is 127 Å². The zero-order valence-electron chi connectivity index (χ0n) is 47.7. The van der Waals surface area contributed by atoms with E-state index in [-0.39, 0.29) is 174 Å². The second-order valence-electron chi connectivity index (χ2n) is 14.7. The molecule has 25 heteroatoms. The summed E-state index contributed by atoms with van der Waals surface area (Å²) in [6, 6.07) is 32.6. The van der Waals surface area contributed by atoms with Crippen LogP contribution in [-0.4, -0.2) is 90.6 Å². The molecule has 0 bridgehead atoms. The molecule has 7 N–H and O–H groups in total. The second kappa shape index (κ2) is 83.1. The van der Waals surface area contributed by atoms with E-state index < -0.39 is 24.2 Å². The number of benzene rings is 4. The van der Waals surface area contributed by atoms with E-state index in [1.165, 1.54) is 82.0 Å². The number of rotatable bonds is 22. The first kappa shape index (κ1) is 117. The van der Waals surface area contributed by atoms with Gasteiger partial charge in [-0.15, -0.1) is 54.5 Å². The molecule has 492 valence electrons. The molecule has 10 nitrogen and oxygen atoms in total. The number of halogens is 9. The van der Waals surface area contributed by atoms with Crippen molar-refractivity contribution in [1.82, 2.24) is 10.6 Å². The fourth-order valence-electron chi connectivity index (χ4n) is 4.50. The Morgan fingerprint density at radius 2 is 0.977 bits per heavy atom. The zero-order chi connectivity index (χ0) is 59.2. The normalized spacial score (nSPS) is 9.14. The van der Waals surface area contributed by atoms with Gasteiger partial charge in [-0.1, -0.05) is 213 Å². The average molecular weight is 1550 g/mol. The number of hydrogen-bond donors (Lipinski definition) is 5. The Morgan fingerprint density at radius 3 is 1.26 bits per heavy atom. The van der Waals surface area contributed by atoms with Crippen molar-refractivity contribution in [3.63, 3.8) is 0 Å². The number of amides is 2. The van der Waals surface area contributed by atoms with Gasteiger partial charge in [-0.2, -0.15) is 26.3 Å². The van der Waals surface area contributed by atoms with Gasteiger partial charge in [0.05, 0.1) is 0 Å². The van der Waals surface area contributed by atoms with Crippen molar-refractivity contribution in [2.24, 2.45) is 5.73 Å². The van der Waals surface area contributed by atoms with Crippen LogP contribution in [-0.2, 0) is 19.3 Å². The Morgan fingerprint density at radius 1 is 0.640 bits per heavy atom. The predicted octanol–water partition coefficient (Wildman–Crippen LogP) is 13.1. The minimum absolute atomic E-state index is 0. The topological polar surface area (TPSA) is 185 Å². The molecule has 4 aromatic carbocycles. The maximum atomic E-state index is 12.0. The summed E-state index contributed by atoms with van der Waals surface area (Å²) in [5.41, 5.74) is 7.56. The van der Waals surface area contributed by atoms with Crippen molar-refractivity contribution < 1.29 is 166 Å². The summed E-state index contributed by atoms with van der Waals surface area (Å²) in [6.45, 7) is 12.0. The van der Waals surface area contributed by atoms with Gasteiger partial charge in [0, 0.05) is 60.6 Å². The third kappa shape index (κ3) is 80.1. The maximum absolute atomic E-state index is 12.0. The molecule has 0 saturated heterocycles. The average Bonchev–Trinajstić information content (AvgIpc) is 3.40. The predicted molar refractivity (Wildman–Crippen MR) is 370 cm³/mol.